The fourth-order valence-corrected chi connectivity index (χ4v) is 2.75. The van der Waals surface area contributed by atoms with Crippen LogP contribution in [-0.2, 0) is 11.3 Å². The van der Waals surface area contributed by atoms with Crippen LogP contribution in [0.15, 0.2) is 43.0 Å². The van der Waals surface area contributed by atoms with Crippen LogP contribution in [0.3, 0.4) is 0 Å². The van der Waals surface area contributed by atoms with Crippen molar-refractivity contribution in [2.45, 2.75) is 13.5 Å². The van der Waals surface area contributed by atoms with Crippen molar-refractivity contribution in [2.75, 3.05) is 32.8 Å². The normalized spacial score (nSPS) is 15.6. The number of nitrogens with zero attached hydrogens (tertiary/aromatic N) is 4. The van der Waals surface area contributed by atoms with Gasteiger partial charge in [-0.25, -0.2) is 9.78 Å². The van der Waals surface area contributed by atoms with Gasteiger partial charge in [0.05, 0.1) is 12.9 Å². The minimum Gasteiger partial charge on any atom is -0.450 e. The molecule has 2 aromatic rings. The molecule has 0 N–H and O–H groups in total. The van der Waals surface area contributed by atoms with E-state index < -0.39 is 0 Å². The van der Waals surface area contributed by atoms with E-state index in [1.807, 2.05) is 17.7 Å². The summed E-state index contributed by atoms with van der Waals surface area (Å²) in [6.45, 7) is 6.38. The molecule has 0 aliphatic carbocycles. The van der Waals surface area contributed by atoms with E-state index in [1.165, 1.54) is 5.56 Å². The summed E-state index contributed by atoms with van der Waals surface area (Å²) in [5, 5.41) is 0. The number of ether oxygens (including phenoxy) is 1. The molecule has 1 fully saturated rings. The van der Waals surface area contributed by atoms with Gasteiger partial charge in [0.2, 0.25) is 0 Å². The molecule has 1 aromatic heterocycles. The summed E-state index contributed by atoms with van der Waals surface area (Å²) in [5.41, 5.74) is 2.39. The van der Waals surface area contributed by atoms with Crippen LogP contribution in [-0.4, -0.2) is 58.2 Å². The molecule has 0 bridgehead atoms. The number of aromatic nitrogens is 2. The molecule has 1 aliphatic rings. The number of hydrogen-bond acceptors (Lipinski definition) is 4. The Hall–Kier alpha value is -2.34. The third-order valence-electron chi connectivity index (χ3n) is 4.04. The van der Waals surface area contributed by atoms with Crippen LogP contribution in [0, 0.1) is 0 Å². The third kappa shape index (κ3) is 3.90. The molecule has 0 radical (unpaired) electrons. The minimum absolute atomic E-state index is 0.197. The predicted octanol–water partition coefficient (Wildman–Crippen LogP) is 2.15. The maximum absolute atomic E-state index is 11.7. The number of piperazine rings is 1. The SMILES string of the molecule is CCOC(=O)N1CCN(Cc2ccc(-n3ccnc3)cc2)CC1. The van der Waals surface area contributed by atoms with Gasteiger partial charge in [-0.15, -0.1) is 0 Å². The first-order chi connectivity index (χ1) is 11.3. The van der Waals surface area contributed by atoms with Crippen molar-refractivity contribution in [3.8, 4) is 5.69 Å². The van der Waals surface area contributed by atoms with E-state index in [4.69, 9.17) is 4.74 Å². The highest BCUT2D eigenvalue weighted by molar-refractivity contribution is 5.67. The van der Waals surface area contributed by atoms with Gasteiger partial charge in [0.25, 0.3) is 0 Å². The van der Waals surface area contributed by atoms with Gasteiger partial charge < -0.3 is 14.2 Å². The van der Waals surface area contributed by atoms with Crippen molar-refractivity contribution in [3.63, 3.8) is 0 Å². The highest BCUT2D eigenvalue weighted by Crippen LogP contribution is 2.13. The number of carbonyl (C=O) groups is 1. The molecule has 0 unspecified atom stereocenters. The molecular formula is C17H22N4O2. The van der Waals surface area contributed by atoms with Crippen LogP contribution < -0.4 is 0 Å². The average Bonchev–Trinajstić information content (AvgIpc) is 3.11. The molecule has 1 amide bonds. The number of hydrogen-bond donors (Lipinski definition) is 0. The maximum atomic E-state index is 11.7. The van der Waals surface area contributed by atoms with Crippen molar-refractivity contribution in [1.82, 2.24) is 19.4 Å². The largest absolute Gasteiger partial charge is 0.450 e. The molecule has 0 saturated carbocycles. The smallest absolute Gasteiger partial charge is 0.409 e. The predicted molar refractivity (Wildman–Crippen MR) is 87.4 cm³/mol. The molecule has 0 atom stereocenters. The maximum Gasteiger partial charge on any atom is 0.409 e. The average molecular weight is 314 g/mol. The number of rotatable bonds is 4. The molecule has 122 valence electrons. The number of carbonyl (C=O) groups excluding carboxylic acids is 1. The van der Waals surface area contributed by atoms with E-state index in [2.05, 4.69) is 34.1 Å². The van der Waals surface area contributed by atoms with Gasteiger partial charge in [-0.1, -0.05) is 12.1 Å². The lowest BCUT2D eigenvalue weighted by molar-refractivity contribution is 0.0778. The molecule has 0 spiro atoms. The summed E-state index contributed by atoms with van der Waals surface area (Å²) in [6, 6.07) is 8.50. The fourth-order valence-electron chi connectivity index (χ4n) is 2.75. The Labute approximate surface area is 136 Å². The molecule has 2 heterocycles. The molecule has 23 heavy (non-hydrogen) atoms. The number of benzene rings is 1. The van der Waals surface area contributed by atoms with Gasteiger partial charge in [0.1, 0.15) is 0 Å². The van der Waals surface area contributed by atoms with E-state index in [-0.39, 0.29) is 6.09 Å². The third-order valence-corrected chi connectivity index (χ3v) is 4.04. The molecule has 1 saturated heterocycles. The van der Waals surface area contributed by atoms with Gasteiger partial charge in [0, 0.05) is 50.8 Å². The summed E-state index contributed by atoms with van der Waals surface area (Å²) < 4.78 is 7.03. The van der Waals surface area contributed by atoms with Crippen molar-refractivity contribution in [2.24, 2.45) is 0 Å². The molecule has 6 nitrogen and oxygen atoms in total. The lowest BCUT2D eigenvalue weighted by Gasteiger charge is -2.34. The van der Waals surface area contributed by atoms with E-state index in [0.29, 0.717) is 6.61 Å². The summed E-state index contributed by atoms with van der Waals surface area (Å²) in [4.78, 5) is 19.9. The van der Waals surface area contributed by atoms with Gasteiger partial charge in [-0.2, -0.15) is 0 Å². The highest BCUT2D eigenvalue weighted by Gasteiger charge is 2.21. The first-order valence-electron chi connectivity index (χ1n) is 7.97. The van der Waals surface area contributed by atoms with E-state index in [0.717, 1.165) is 38.4 Å². The first kappa shape index (κ1) is 15.6. The monoisotopic (exact) mass is 314 g/mol. The summed E-state index contributed by atoms with van der Waals surface area (Å²) in [5.74, 6) is 0. The van der Waals surface area contributed by atoms with E-state index in [9.17, 15) is 4.79 Å². The highest BCUT2D eigenvalue weighted by atomic mass is 16.6. The van der Waals surface area contributed by atoms with Crippen LogP contribution in [0.4, 0.5) is 4.79 Å². The van der Waals surface area contributed by atoms with Crippen molar-refractivity contribution >= 4 is 6.09 Å². The van der Waals surface area contributed by atoms with Gasteiger partial charge in [-0.3, -0.25) is 4.90 Å². The van der Waals surface area contributed by atoms with Crippen LogP contribution in [0.2, 0.25) is 0 Å². The Balaban J connectivity index is 1.52. The minimum atomic E-state index is -0.197. The van der Waals surface area contributed by atoms with Crippen LogP contribution in [0.5, 0.6) is 0 Å². The zero-order valence-electron chi connectivity index (χ0n) is 13.4. The standard InChI is InChI=1S/C17H22N4O2/c1-2-23-17(22)20-11-9-19(10-12-20)13-15-3-5-16(6-4-15)21-8-7-18-14-21/h3-8,14H,2,9-13H2,1H3. The Kier molecular flexibility index (Phi) is 4.92. The molecule has 6 heteroatoms. The topological polar surface area (TPSA) is 50.6 Å². The summed E-state index contributed by atoms with van der Waals surface area (Å²) in [6.07, 6.45) is 5.31. The second kappa shape index (κ2) is 7.28. The summed E-state index contributed by atoms with van der Waals surface area (Å²) in [7, 11) is 0. The Morgan fingerprint density at radius 3 is 2.52 bits per heavy atom. The zero-order chi connectivity index (χ0) is 16.1. The quantitative estimate of drug-likeness (QED) is 0.867. The number of imidazole rings is 1. The van der Waals surface area contributed by atoms with Crippen molar-refractivity contribution in [3.05, 3.63) is 48.5 Å². The zero-order valence-corrected chi connectivity index (χ0v) is 13.4. The lowest BCUT2D eigenvalue weighted by Crippen LogP contribution is -2.48. The second-order valence-corrected chi connectivity index (χ2v) is 5.60. The Morgan fingerprint density at radius 2 is 1.91 bits per heavy atom. The molecule has 1 aromatic carbocycles. The Morgan fingerprint density at radius 1 is 1.17 bits per heavy atom. The lowest BCUT2D eigenvalue weighted by atomic mass is 10.2. The Bertz CT molecular complexity index is 617. The van der Waals surface area contributed by atoms with Crippen molar-refractivity contribution < 1.29 is 9.53 Å². The van der Waals surface area contributed by atoms with Crippen LogP contribution >= 0.6 is 0 Å². The van der Waals surface area contributed by atoms with Gasteiger partial charge in [-0.05, 0) is 24.6 Å². The van der Waals surface area contributed by atoms with Gasteiger partial charge in [0.15, 0.2) is 0 Å². The van der Waals surface area contributed by atoms with E-state index >= 15 is 0 Å². The van der Waals surface area contributed by atoms with Gasteiger partial charge >= 0.3 is 6.09 Å². The summed E-state index contributed by atoms with van der Waals surface area (Å²) >= 11 is 0. The molecular weight excluding hydrogens is 292 g/mol. The molecule has 1 aliphatic heterocycles. The number of amides is 1. The van der Waals surface area contributed by atoms with Crippen LogP contribution in [0.1, 0.15) is 12.5 Å². The fraction of sp³-hybridized carbons (Fsp3) is 0.412. The second-order valence-electron chi connectivity index (χ2n) is 5.60. The first-order valence-corrected chi connectivity index (χ1v) is 7.97. The van der Waals surface area contributed by atoms with Crippen LogP contribution in [0.25, 0.3) is 5.69 Å². The molecule has 3 rings (SSSR count). The van der Waals surface area contributed by atoms with E-state index in [1.54, 1.807) is 17.4 Å². The van der Waals surface area contributed by atoms with Crippen molar-refractivity contribution in [1.29, 1.82) is 0 Å².